The molecule has 7 heteroatoms. The van der Waals surface area contributed by atoms with E-state index in [1.807, 2.05) is 4.72 Å². The van der Waals surface area contributed by atoms with Gasteiger partial charge in [0.1, 0.15) is 12.3 Å². The van der Waals surface area contributed by atoms with Gasteiger partial charge in [0.15, 0.2) is 5.78 Å². The Morgan fingerprint density at radius 2 is 1.84 bits per heavy atom. The summed E-state index contributed by atoms with van der Waals surface area (Å²) in [4.78, 5) is 22.7. The Hall–Kier alpha value is -1.73. The van der Waals surface area contributed by atoms with Gasteiger partial charge < -0.3 is 4.74 Å². The Bertz CT molecular complexity index is 538. The van der Waals surface area contributed by atoms with Crippen molar-refractivity contribution in [3.05, 3.63) is 35.9 Å². The number of hydrogen-bond acceptors (Lipinski definition) is 5. The number of rotatable bonds is 7. The Morgan fingerprint density at radius 3 is 2.42 bits per heavy atom. The van der Waals surface area contributed by atoms with E-state index < -0.39 is 34.1 Å². The van der Waals surface area contributed by atoms with Crippen molar-refractivity contribution < 1.29 is 22.7 Å². The minimum Gasteiger partial charge on any atom is -0.465 e. The Balaban J connectivity index is 2.56. The predicted molar refractivity (Wildman–Crippen MR) is 69.2 cm³/mol. The molecule has 0 saturated heterocycles. The zero-order valence-electron chi connectivity index (χ0n) is 10.5. The van der Waals surface area contributed by atoms with Gasteiger partial charge in [0.25, 0.3) is 0 Å². The second-order valence-electron chi connectivity index (χ2n) is 3.67. The van der Waals surface area contributed by atoms with E-state index in [9.17, 15) is 18.0 Å². The van der Waals surface area contributed by atoms with Gasteiger partial charge in [-0.2, -0.15) is 0 Å². The highest BCUT2D eigenvalue weighted by Crippen LogP contribution is 2.01. The minimum atomic E-state index is -3.84. The van der Waals surface area contributed by atoms with Crippen molar-refractivity contribution in [1.82, 2.24) is 4.72 Å². The quantitative estimate of drug-likeness (QED) is 0.577. The van der Waals surface area contributed by atoms with Crippen LogP contribution in [-0.2, 0) is 19.6 Å². The lowest BCUT2D eigenvalue weighted by Crippen LogP contribution is -2.34. The molecule has 0 aliphatic carbocycles. The summed E-state index contributed by atoms with van der Waals surface area (Å²) in [5.41, 5.74) is 0.309. The van der Waals surface area contributed by atoms with Crippen molar-refractivity contribution in [2.45, 2.75) is 6.92 Å². The molecule has 0 amide bonds. The first-order chi connectivity index (χ1) is 8.94. The number of benzene rings is 1. The fourth-order valence-electron chi connectivity index (χ4n) is 1.31. The third-order valence-electron chi connectivity index (χ3n) is 2.16. The lowest BCUT2D eigenvalue weighted by Gasteiger charge is -2.06. The summed E-state index contributed by atoms with van der Waals surface area (Å²) in [5.74, 6) is -1.91. The van der Waals surface area contributed by atoms with Gasteiger partial charge in [-0.3, -0.25) is 9.59 Å². The van der Waals surface area contributed by atoms with E-state index in [1.165, 1.54) is 12.1 Å². The minimum absolute atomic E-state index is 0.170. The molecule has 0 heterocycles. The zero-order valence-corrected chi connectivity index (χ0v) is 11.3. The first-order valence-corrected chi connectivity index (χ1v) is 7.31. The van der Waals surface area contributed by atoms with Crippen molar-refractivity contribution in [2.75, 3.05) is 18.9 Å². The molecule has 0 aromatic heterocycles. The molecule has 1 rings (SSSR count). The van der Waals surface area contributed by atoms with Crippen LogP contribution in [0, 0.1) is 0 Å². The second-order valence-corrected chi connectivity index (χ2v) is 5.48. The molecule has 0 atom stereocenters. The van der Waals surface area contributed by atoms with E-state index in [4.69, 9.17) is 0 Å². The molecule has 0 bridgehead atoms. The maximum atomic E-state index is 11.7. The number of Topliss-reactive ketones (excluding diaryl/α,β-unsaturated/α-hetero) is 1. The lowest BCUT2D eigenvalue weighted by molar-refractivity contribution is -0.141. The molecular weight excluding hydrogens is 270 g/mol. The SMILES string of the molecule is CCOC(=O)CNS(=O)(=O)CC(=O)c1ccccc1. The van der Waals surface area contributed by atoms with Crippen LogP contribution in [0.25, 0.3) is 0 Å². The first kappa shape index (κ1) is 15.3. The van der Waals surface area contributed by atoms with Gasteiger partial charge in [0.05, 0.1) is 6.61 Å². The molecule has 1 N–H and O–H groups in total. The second kappa shape index (κ2) is 7.01. The van der Waals surface area contributed by atoms with Gasteiger partial charge >= 0.3 is 5.97 Å². The van der Waals surface area contributed by atoms with E-state index in [-0.39, 0.29) is 6.61 Å². The summed E-state index contributed by atoms with van der Waals surface area (Å²) < 4.78 is 29.8. The summed E-state index contributed by atoms with van der Waals surface area (Å²) in [6.45, 7) is 1.31. The number of carbonyl (C=O) groups excluding carboxylic acids is 2. The van der Waals surface area contributed by atoms with Gasteiger partial charge in [0.2, 0.25) is 10.0 Å². The van der Waals surface area contributed by atoms with Gasteiger partial charge in [-0.05, 0) is 6.92 Å². The van der Waals surface area contributed by atoms with Crippen molar-refractivity contribution in [3.8, 4) is 0 Å². The van der Waals surface area contributed by atoms with Gasteiger partial charge in [-0.25, -0.2) is 13.1 Å². The zero-order chi connectivity index (χ0) is 14.3. The molecule has 0 saturated carbocycles. The number of carbonyl (C=O) groups is 2. The predicted octanol–water partition coefficient (Wildman–Crippen LogP) is 0.352. The largest absolute Gasteiger partial charge is 0.465 e. The average Bonchev–Trinajstić information content (AvgIpc) is 2.37. The summed E-state index contributed by atoms with van der Waals surface area (Å²) >= 11 is 0. The normalized spacial score (nSPS) is 11.0. The van der Waals surface area contributed by atoms with Crippen LogP contribution in [0.1, 0.15) is 17.3 Å². The Kier molecular flexibility index (Phi) is 5.65. The third kappa shape index (κ3) is 5.62. The number of ketones is 1. The Morgan fingerprint density at radius 1 is 1.21 bits per heavy atom. The Labute approximate surface area is 111 Å². The summed E-state index contributed by atoms with van der Waals surface area (Å²) in [5, 5.41) is 0. The molecule has 0 spiro atoms. The van der Waals surface area contributed by atoms with Crippen LogP contribution in [-0.4, -0.2) is 39.1 Å². The highest BCUT2D eigenvalue weighted by Gasteiger charge is 2.18. The van der Waals surface area contributed by atoms with Crippen molar-refractivity contribution in [1.29, 1.82) is 0 Å². The number of sulfonamides is 1. The smallest absolute Gasteiger partial charge is 0.320 e. The standard InChI is InChI=1S/C12H15NO5S/c1-2-18-12(15)8-13-19(16,17)9-11(14)10-6-4-3-5-7-10/h3-7,13H,2,8-9H2,1H3. The van der Waals surface area contributed by atoms with Gasteiger partial charge in [-0.15, -0.1) is 0 Å². The van der Waals surface area contributed by atoms with Crippen molar-refractivity contribution in [2.24, 2.45) is 0 Å². The summed E-state index contributed by atoms with van der Waals surface area (Å²) in [6.07, 6.45) is 0. The van der Waals surface area contributed by atoms with Crippen molar-refractivity contribution in [3.63, 3.8) is 0 Å². The van der Waals surface area contributed by atoms with Crippen LogP contribution in [0.4, 0.5) is 0 Å². The van der Waals surface area contributed by atoms with Crippen LogP contribution < -0.4 is 4.72 Å². The maximum Gasteiger partial charge on any atom is 0.320 e. The molecule has 0 aliphatic heterocycles. The monoisotopic (exact) mass is 285 g/mol. The van der Waals surface area contributed by atoms with Crippen molar-refractivity contribution >= 4 is 21.8 Å². The van der Waals surface area contributed by atoms with Gasteiger partial charge in [0, 0.05) is 5.56 Å². The molecule has 6 nitrogen and oxygen atoms in total. The van der Waals surface area contributed by atoms with Gasteiger partial charge in [-0.1, -0.05) is 30.3 Å². The van der Waals surface area contributed by atoms with E-state index in [1.54, 1.807) is 25.1 Å². The maximum absolute atomic E-state index is 11.7. The highest BCUT2D eigenvalue weighted by molar-refractivity contribution is 7.90. The van der Waals surface area contributed by atoms with Crippen LogP contribution in [0.15, 0.2) is 30.3 Å². The first-order valence-electron chi connectivity index (χ1n) is 5.66. The molecular formula is C12H15NO5S. The fraction of sp³-hybridized carbons (Fsp3) is 0.333. The van der Waals surface area contributed by atoms with Crippen LogP contribution in [0.2, 0.25) is 0 Å². The van der Waals surface area contributed by atoms with E-state index in [2.05, 4.69) is 4.74 Å². The molecule has 0 aliphatic rings. The molecule has 1 aromatic rings. The third-order valence-corrected chi connectivity index (χ3v) is 3.39. The number of ether oxygens (including phenoxy) is 1. The average molecular weight is 285 g/mol. The van der Waals surface area contributed by atoms with Crippen LogP contribution >= 0.6 is 0 Å². The number of hydrogen-bond donors (Lipinski definition) is 1. The molecule has 104 valence electrons. The van der Waals surface area contributed by atoms with E-state index >= 15 is 0 Å². The van der Waals surface area contributed by atoms with Crippen LogP contribution in [0.3, 0.4) is 0 Å². The topological polar surface area (TPSA) is 89.5 Å². The van der Waals surface area contributed by atoms with E-state index in [0.29, 0.717) is 5.56 Å². The summed E-state index contributed by atoms with van der Waals surface area (Å²) in [6, 6.07) is 8.08. The lowest BCUT2D eigenvalue weighted by atomic mass is 10.2. The highest BCUT2D eigenvalue weighted by atomic mass is 32.2. The molecule has 0 fully saturated rings. The fourth-order valence-corrected chi connectivity index (χ4v) is 2.26. The molecule has 0 radical (unpaired) electrons. The molecule has 1 aromatic carbocycles. The van der Waals surface area contributed by atoms with E-state index in [0.717, 1.165) is 0 Å². The van der Waals surface area contributed by atoms with Crippen LogP contribution in [0.5, 0.6) is 0 Å². The molecule has 19 heavy (non-hydrogen) atoms. The summed E-state index contributed by atoms with van der Waals surface area (Å²) in [7, 11) is -3.84. The molecule has 0 unspecified atom stereocenters. The number of nitrogens with one attached hydrogen (secondary N) is 1. The number of esters is 1.